The lowest BCUT2D eigenvalue weighted by Gasteiger charge is -2.21. The molecule has 1 heterocycles. The highest BCUT2D eigenvalue weighted by Gasteiger charge is 2.17. The van der Waals surface area contributed by atoms with Gasteiger partial charge in [0, 0.05) is 17.6 Å². The monoisotopic (exact) mass is 365 g/mol. The first-order valence-corrected chi connectivity index (χ1v) is 8.84. The number of aromatic nitrogens is 1. The Morgan fingerprint density at radius 2 is 2.16 bits per heavy atom. The van der Waals surface area contributed by atoms with Gasteiger partial charge in [0.15, 0.2) is 5.69 Å². The standard InChI is InChI=1S/C17H20FN3O3S/c1-3-8-21(17(23)19-13-7-5-6-12(18)9-13)10-15-20-14(11-25-15)16(22)24-4-2/h5-7,9,11H,3-4,8,10H2,1-2H3,(H,19,23). The molecule has 0 aliphatic rings. The molecule has 0 unspecified atom stereocenters. The number of hydrogen-bond acceptors (Lipinski definition) is 5. The number of halogens is 1. The van der Waals surface area contributed by atoms with Crippen LogP contribution in [-0.2, 0) is 11.3 Å². The summed E-state index contributed by atoms with van der Waals surface area (Å²) in [5.74, 6) is -0.893. The molecule has 2 rings (SSSR count). The number of anilines is 1. The third-order valence-corrected chi connectivity index (χ3v) is 4.05. The van der Waals surface area contributed by atoms with Crippen molar-refractivity contribution >= 4 is 29.0 Å². The van der Waals surface area contributed by atoms with E-state index in [0.717, 1.165) is 6.42 Å². The number of esters is 1. The third-order valence-electron chi connectivity index (χ3n) is 3.22. The molecule has 0 saturated heterocycles. The maximum atomic E-state index is 13.2. The van der Waals surface area contributed by atoms with Crippen LogP contribution < -0.4 is 5.32 Å². The highest BCUT2D eigenvalue weighted by Crippen LogP contribution is 2.16. The van der Waals surface area contributed by atoms with E-state index < -0.39 is 11.8 Å². The van der Waals surface area contributed by atoms with Crippen molar-refractivity contribution in [3.8, 4) is 0 Å². The SMILES string of the molecule is CCCN(Cc1nc(C(=O)OCC)cs1)C(=O)Nc1cccc(F)c1. The minimum atomic E-state index is -0.476. The highest BCUT2D eigenvalue weighted by atomic mass is 32.1. The minimum absolute atomic E-state index is 0.240. The van der Waals surface area contributed by atoms with E-state index in [2.05, 4.69) is 10.3 Å². The van der Waals surface area contributed by atoms with Crippen molar-refractivity contribution in [3.05, 3.63) is 46.2 Å². The second kappa shape index (κ2) is 9.12. The Kier molecular flexibility index (Phi) is 6.88. The van der Waals surface area contributed by atoms with Crippen LogP contribution in [0.3, 0.4) is 0 Å². The van der Waals surface area contributed by atoms with Gasteiger partial charge < -0.3 is 15.0 Å². The number of urea groups is 1. The van der Waals surface area contributed by atoms with E-state index in [1.807, 2.05) is 6.92 Å². The molecule has 0 aliphatic heterocycles. The predicted octanol–water partition coefficient (Wildman–Crippen LogP) is 3.90. The maximum absolute atomic E-state index is 13.2. The number of ether oxygens (including phenoxy) is 1. The Labute approximate surface area is 149 Å². The number of carbonyl (C=O) groups excluding carboxylic acids is 2. The topological polar surface area (TPSA) is 71.5 Å². The molecular formula is C17H20FN3O3S. The zero-order valence-corrected chi connectivity index (χ0v) is 14.9. The first-order valence-electron chi connectivity index (χ1n) is 7.96. The first-order chi connectivity index (χ1) is 12.0. The molecule has 0 spiro atoms. The molecule has 134 valence electrons. The van der Waals surface area contributed by atoms with Gasteiger partial charge in [0.05, 0.1) is 13.2 Å². The van der Waals surface area contributed by atoms with Gasteiger partial charge in [0.25, 0.3) is 0 Å². The van der Waals surface area contributed by atoms with Crippen LogP contribution in [0.15, 0.2) is 29.6 Å². The lowest BCUT2D eigenvalue weighted by atomic mass is 10.3. The van der Waals surface area contributed by atoms with Crippen LogP contribution >= 0.6 is 11.3 Å². The fourth-order valence-corrected chi connectivity index (χ4v) is 2.91. The van der Waals surface area contributed by atoms with Gasteiger partial charge in [-0.15, -0.1) is 11.3 Å². The normalized spacial score (nSPS) is 10.4. The summed E-state index contributed by atoms with van der Waals surface area (Å²) in [6.45, 7) is 4.73. The predicted molar refractivity (Wildman–Crippen MR) is 94.2 cm³/mol. The molecule has 0 saturated carbocycles. The molecule has 0 aliphatic carbocycles. The second-order valence-electron chi connectivity index (χ2n) is 5.21. The molecule has 25 heavy (non-hydrogen) atoms. The van der Waals surface area contributed by atoms with Crippen molar-refractivity contribution in [3.63, 3.8) is 0 Å². The van der Waals surface area contributed by atoms with E-state index in [0.29, 0.717) is 17.2 Å². The first kappa shape index (κ1) is 18.9. The zero-order valence-electron chi connectivity index (χ0n) is 14.1. The van der Waals surface area contributed by atoms with Gasteiger partial charge in [-0.2, -0.15) is 0 Å². The van der Waals surface area contributed by atoms with Crippen molar-refractivity contribution in [2.45, 2.75) is 26.8 Å². The van der Waals surface area contributed by atoms with Gasteiger partial charge in [-0.25, -0.2) is 19.0 Å². The quantitative estimate of drug-likeness (QED) is 0.755. The Hall–Kier alpha value is -2.48. The maximum Gasteiger partial charge on any atom is 0.357 e. The van der Waals surface area contributed by atoms with E-state index in [1.165, 1.54) is 29.5 Å². The van der Waals surface area contributed by atoms with E-state index in [1.54, 1.807) is 23.3 Å². The third kappa shape index (κ3) is 5.53. The summed E-state index contributed by atoms with van der Waals surface area (Å²) in [6, 6.07) is 5.37. The molecule has 1 N–H and O–H groups in total. The number of nitrogens with zero attached hydrogens (tertiary/aromatic N) is 2. The molecule has 1 aromatic heterocycles. The number of hydrogen-bond donors (Lipinski definition) is 1. The Morgan fingerprint density at radius 3 is 2.84 bits per heavy atom. The van der Waals surface area contributed by atoms with E-state index in [4.69, 9.17) is 4.74 Å². The summed E-state index contributed by atoms with van der Waals surface area (Å²) < 4.78 is 18.1. The molecule has 2 amide bonds. The molecule has 2 aromatic rings. The van der Waals surface area contributed by atoms with Crippen LogP contribution in [0.2, 0.25) is 0 Å². The van der Waals surface area contributed by atoms with Crippen LogP contribution in [0.5, 0.6) is 0 Å². The van der Waals surface area contributed by atoms with Crippen LogP contribution in [0.25, 0.3) is 0 Å². The van der Waals surface area contributed by atoms with Crippen molar-refractivity contribution in [1.82, 2.24) is 9.88 Å². The minimum Gasteiger partial charge on any atom is -0.461 e. The van der Waals surface area contributed by atoms with Crippen LogP contribution in [-0.4, -0.2) is 35.0 Å². The lowest BCUT2D eigenvalue weighted by molar-refractivity contribution is 0.0520. The fraction of sp³-hybridized carbons (Fsp3) is 0.353. The average Bonchev–Trinajstić information content (AvgIpc) is 3.03. The second-order valence-corrected chi connectivity index (χ2v) is 6.15. The van der Waals surface area contributed by atoms with Gasteiger partial charge in [0.2, 0.25) is 0 Å². The molecule has 1 aromatic carbocycles. The summed E-state index contributed by atoms with van der Waals surface area (Å²) in [7, 11) is 0. The van der Waals surface area contributed by atoms with E-state index in [9.17, 15) is 14.0 Å². The van der Waals surface area contributed by atoms with Crippen molar-refractivity contribution < 1.29 is 18.7 Å². The zero-order chi connectivity index (χ0) is 18.2. The average molecular weight is 365 g/mol. The summed E-state index contributed by atoms with van der Waals surface area (Å²) in [4.78, 5) is 29.9. The number of benzene rings is 1. The fourth-order valence-electron chi connectivity index (χ4n) is 2.14. The molecule has 0 atom stereocenters. The van der Waals surface area contributed by atoms with Gasteiger partial charge >= 0.3 is 12.0 Å². The smallest absolute Gasteiger partial charge is 0.357 e. The Balaban J connectivity index is 2.04. The van der Waals surface area contributed by atoms with Crippen LogP contribution in [0, 0.1) is 5.82 Å². The number of carbonyl (C=O) groups is 2. The lowest BCUT2D eigenvalue weighted by Crippen LogP contribution is -2.35. The Bertz CT molecular complexity index is 735. The largest absolute Gasteiger partial charge is 0.461 e. The number of rotatable bonds is 7. The van der Waals surface area contributed by atoms with Crippen LogP contribution in [0.1, 0.15) is 35.8 Å². The number of thiazole rings is 1. The summed E-state index contributed by atoms with van der Waals surface area (Å²) >= 11 is 1.29. The number of amides is 2. The Morgan fingerprint density at radius 1 is 1.36 bits per heavy atom. The van der Waals surface area contributed by atoms with Crippen LogP contribution in [0.4, 0.5) is 14.9 Å². The number of nitrogens with one attached hydrogen (secondary N) is 1. The van der Waals surface area contributed by atoms with E-state index >= 15 is 0 Å². The molecule has 8 heteroatoms. The van der Waals surface area contributed by atoms with Gasteiger partial charge in [-0.1, -0.05) is 13.0 Å². The van der Waals surface area contributed by atoms with Crippen molar-refractivity contribution in [1.29, 1.82) is 0 Å². The van der Waals surface area contributed by atoms with Crippen molar-refractivity contribution in [2.75, 3.05) is 18.5 Å². The highest BCUT2D eigenvalue weighted by molar-refractivity contribution is 7.09. The van der Waals surface area contributed by atoms with Gasteiger partial charge in [-0.05, 0) is 31.5 Å². The summed E-state index contributed by atoms with van der Waals surface area (Å²) in [5, 5.41) is 4.91. The van der Waals surface area contributed by atoms with Gasteiger partial charge in [0.1, 0.15) is 10.8 Å². The molecule has 6 nitrogen and oxygen atoms in total. The van der Waals surface area contributed by atoms with E-state index in [-0.39, 0.29) is 24.9 Å². The molecule has 0 fully saturated rings. The molecule has 0 radical (unpaired) electrons. The molecular weight excluding hydrogens is 345 g/mol. The molecule has 0 bridgehead atoms. The van der Waals surface area contributed by atoms with Crippen molar-refractivity contribution in [2.24, 2.45) is 0 Å². The van der Waals surface area contributed by atoms with Gasteiger partial charge in [-0.3, -0.25) is 0 Å². The summed E-state index contributed by atoms with van der Waals surface area (Å²) in [6.07, 6.45) is 0.757. The summed E-state index contributed by atoms with van der Waals surface area (Å²) in [5.41, 5.74) is 0.626.